The Hall–Kier alpha value is -1.97. The monoisotopic (exact) mass is 245 g/mol. The molecule has 0 bridgehead atoms. The summed E-state index contributed by atoms with van der Waals surface area (Å²) in [4.78, 5) is 13.6. The molecule has 2 aliphatic rings. The van der Waals surface area contributed by atoms with E-state index in [9.17, 15) is 4.79 Å². The van der Waals surface area contributed by atoms with Gasteiger partial charge in [-0.2, -0.15) is 0 Å². The van der Waals surface area contributed by atoms with Gasteiger partial charge in [-0.05, 0) is 29.7 Å². The molecule has 0 saturated carbocycles. The van der Waals surface area contributed by atoms with Crippen molar-refractivity contribution >= 4 is 5.91 Å². The van der Waals surface area contributed by atoms with Crippen molar-refractivity contribution in [2.24, 2.45) is 0 Å². The van der Waals surface area contributed by atoms with E-state index in [2.05, 4.69) is 0 Å². The first-order valence-electron chi connectivity index (χ1n) is 5.98. The van der Waals surface area contributed by atoms with Gasteiger partial charge in [0.05, 0.1) is 20.3 Å². The van der Waals surface area contributed by atoms with Crippen LogP contribution in [0.3, 0.4) is 0 Å². The molecule has 2 aliphatic heterocycles. The predicted molar refractivity (Wildman–Crippen MR) is 66.8 cm³/mol. The molecule has 0 radical (unpaired) electrons. The lowest BCUT2D eigenvalue weighted by molar-refractivity contribution is -0.126. The second-order valence-electron chi connectivity index (χ2n) is 4.49. The van der Waals surface area contributed by atoms with E-state index in [0.717, 1.165) is 24.3 Å². The lowest BCUT2D eigenvalue weighted by atomic mass is 9.93. The molecule has 0 aliphatic carbocycles. The standard InChI is InChI=1S/C14H15NO3/c1-17-12-7-9-5-6-15-11(3-4-14(15)16)10(9)8-13(12)18-2/h3-4,7-8,11H,5-6H2,1-2H3. The summed E-state index contributed by atoms with van der Waals surface area (Å²) in [7, 11) is 3.26. The van der Waals surface area contributed by atoms with Crippen molar-refractivity contribution in [2.45, 2.75) is 12.5 Å². The highest BCUT2D eigenvalue weighted by Gasteiger charge is 2.32. The van der Waals surface area contributed by atoms with Crippen LogP contribution >= 0.6 is 0 Å². The van der Waals surface area contributed by atoms with Gasteiger partial charge in [0.2, 0.25) is 5.91 Å². The van der Waals surface area contributed by atoms with Crippen LogP contribution in [0.15, 0.2) is 24.3 Å². The van der Waals surface area contributed by atoms with Gasteiger partial charge < -0.3 is 14.4 Å². The third-order valence-corrected chi connectivity index (χ3v) is 3.63. The first-order valence-corrected chi connectivity index (χ1v) is 5.98. The Bertz CT molecular complexity index is 536. The normalized spacial score (nSPS) is 20.7. The molecule has 4 heteroatoms. The van der Waals surface area contributed by atoms with Crippen LogP contribution in [0.1, 0.15) is 17.2 Å². The van der Waals surface area contributed by atoms with Crippen LogP contribution in [0.5, 0.6) is 11.5 Å². The molecule has 1 aromatic rings. The summed E-state index contributed by atoms with van der Waals surface area (Å²) in [6, 6.07) is 4.05. The zero-order chi connectivity index (χ0) is 12.7. The fourth-order valence-electron chi connectivity index (χ4n) is 2.70. The zero-order valence-electron chi connectivity index (χ0n) is 10.5. The van der Waals surface area contributed by atoms with E-state index in [1.54, 1.807) is 20.3 Å². The molecular formula is C14H15NO3. The number of hydrogen-bond donors (Lipinski definition) is 0. The summed E-state index contributed by atoms with van der Waals surface area (Å²) in [5, 5.41) is 0. The maximum Gasteiger partial charge on any atom is 0.247 e. The van der Waals surface area contributed by atoms with Crippen molar-refractivity contribution in [3.8, 4) is 11.5 Å². The Morgan fingerprint density at radius 3 is 2.67 bits per heavy atom. The van der Waals surface area contributed by atoms with Gasteiger partial charge in [0.25, 0.3) is 0 Å². The maximum atomic E-state index is 11.7. The molecule has 94 valence electrons. The predicted octanol–water partition coefficient (Wildman–Crippen LogP) is 1.70. The lowest BCUT2D eigenvalue weighted by Crippen LogP contribution is -2.34. The molecule has 18 heavy (non-hydrogen) atoms. The van der Waals surface area contributed by atoms with E-state index < -0.39 is 0 Å². The quantitative estimate of drug-likeness (QED) is 0.796. The second-order valence-corrected chi connectivity index (χ2v) is 4.49. The Morgan fingerprint density at radius 2 is 1.94 bits per heavy atom. The number of methoxy groups -OCH3 is 2. The van der Waals surface area contributed by atoms with Crippen molar-refractivity contribution in [3.05, 3.63) is 35.4 Å². The molecular weight excluding hydrogens is 230 g/mol. The number of fused-ring (bicyclic) bond motifs is 3. The van der Waals surface area contributed by atoms with Crippen LogP contribution in [0.2, 0.25) is 0 Å². The zero-order valence-corrected chi connectivity index (χ0v) is 10.5. The molecule has 4 nitrogen and oxygen atoms in total. The number of carbonyl (C=O) groups is 1. The van der Waals surface area contributed by atoms with Gasteiger partial charge in [-0.1, -0.05) is 6.08 Å². The second kappa shape index (κ2) is 4.05. The van der Waals surface area contributed by atoms with Gasteiger partial charge in [0, 0.05) is 12.6 Å². The van der Waals surface area contributed by atoms with Gasteiger partial charge >= 0.3 is 0 Å². The van der Waals surface area contributed by atoms with Crippen molar-refractivity contribution in [3.63, 3.8) is 0 Å². The van der Waals surface area contributed by atoms with Crippen molar-refractivity contribution in [1.29, 1.82) is 0 Å². The Morgan fingerprint density at radius 1 is 1.22 bits per heavy atom. The van der Waals surface area contributed by atoms with Crippen LogP contribution < -0.4 is 9.47 Å². The average Bonchev–Trinajstić information content (AvgIpc) is 2.79. The van der Waals surface area contributed by atoms with Crippen LogP contribution in [0, 0.1) is 0 Å². The van der Waals surface area contributed by atoms with E-state index >= 15 is 0 Å². The summed E-state index contributed by atoms with van der Waals surface area (Å²) < 4.78 is 10.6. The maximum absolute atomic E-state index is 11.7. The first kappa shape index (κ1) is 11.1. The Kier molecular flexibility index (Phi) is 2.51. The van der Waals surface area contributed by atoms with Crippen molar-refractivity contribution < 1.29 is 14.3 Å². The number of ether oxygens (including phenoxy) is 2. The van der Waals surface area contributed by atoms with Gasteiger partial charge in [0.1, 0.15) is 0 Å². The Balaban J connectivity index is 2.09. The summed E-state index contributed by atoms with van der Waals surface area (Å²) in [6.07, 6.45) is 4.46. The smallest absolute Gasteiger partial charge is 0.247 e. The molecule has 0 fully saturated rings. The SMILES string of the molecule is COc1cc2c(cc1OC)C1C=CC(=O)N1CC2. The van der Waals surface area contributed by atoms with Crippen molar-refractivity contribution in [2.75, 3.05) is 20.8 Å². The first-order chi connectivity index (χ1) is 8.74. The van der Waals surface area contributed by atoms with Gasteiger partial charge in [-0.3, -0.25) is 4.79 Å². The third-order valence-electron chi connectivity index (χ3n) is 3.63. The van der Waals surface area contributed by atoms with E-state index in [0.29, 0.717) is 5.75 Å². The van der Waals surface area contributed by atoms with E-state index in [1.165, 1.54) is 5.56 Å². The van der Waals surface area contributed by atoms with E-state index in [-0.39, 0.29) is 11.9 Å². The van der Waals surface area contributed by atoms with E-state index in [4.69, 9.17) is 9.47 Å². The Labute approximate surface area is 106 Å². The molecule has 0 N–H and O–H groups in total. The molecule has 1 aromatic carbocycles. The molecule has 1 atom stereocenters. The largest absolute Gasteiger partial charge is 0.493 e. The van der Waals surface area contributed by atoms with Crippen LogP contribution in [0.4, 0.5) is 0 Å². The number of hydrogen-bond acceptors (Lipinski definition) is 3. The molecule has 3 rings (SSSR count). The minimum absolute atomic E-state index is 0.0565. The van der Waals surface area contributed by atoms with Gasteiger partial charge in [-0.15, -0.1) is 0 Å². The summed E-state index contributed by atoms with van der Waals surface area (Å²) in [6.45, 7) is 0.763. The highest BCUT2D eigenvalue weighted by Crippen LogP contribution is 2.40. The molecule has 1 unspecified atom stereocenters. The minimum atomic E-state index is 0.0565. The molecule has 0 spiro atoms. The van der Waals surface area contributed by atoms with Crippen LogP contribution in [-0.4, -0.2) is 31.6 Å². The topological polar surface area (TPSA) is 38.8 Å². The summed E-state index contributed by atoms with van der Waals surface area (Å²) in [5.41, 5.74) is 2.37. The third kappa shape index (κ3) is 1.49. The van der Waals surface area contributed by atoms with Crippen LogP contribution in [-0.2, 0) is 11.2 Å². The molecule has 2 heterocycles. The highest BCUT2D eigenvalue weighted by molar-refractivity contribution is 5.91. The fraction of sp³-hybridized carbons (Fsp3) is 0.357. The lowest BCUT2D eigenvalue weighted by Gasteiger charge is -2.32. The number of rotatable bonds is 2. The molecule has 1 amide bonds. The minimum Gasteiger partial charge on any atom is -0.493 e. The van der Waals surface area contributed by atoms with Gasteiger partial charge in [-0.25, -0.2) is 0 Å². The average molecular weight is 245 g/mol. The number of nitrogens with zero attached hydrogens (tertiary/aromatic N) is 1. The van der Waals surface area contributed by atoms with Crippen LogP contribution in [0.25, 0.3) is 0 Å². The van der Waals surface area contributed by atoms with E-state index in [1.807, 2.05) is 23.1 Å². The highest BCUT2D eigenvalue weighted by atomic mass is 16.5. The van der Waals surface area contributed by atoms with Gasteiger partial charge in [0.15, 0.2) is 11.5 Å². The van der Waals surface area contributed by atoms with Crippen molar-refractivity contribution in [1.82, 2.24) is 4.90 Å². The number of amides is 1. The summed E-state index contributed by atoms with van der Waals surface area (Å²) in [5.74, 6) is 1.56. The number of carbonyl (C=O) groups excluding carboxylic acids is 1. The fourth-order valence-corrected chi connectivity index (χ4v) is 2.70. The molecule has 0 aromatic heterocycles. The summed E-state index contributed by atoms with van der Waals surface area (Å²) >= 11 is 0. The molecule has 0 saturated heterocycles. The number of benzene rings is 1.